The molecule has 0 aromatic heterocycles. The van der Waals surface area contributed by atoms with Crippen LogP contribution in [0.4, 0.5) is 0 Å². The fraction of sp³-hybridized carbons (Fsp3) is 0.684. The van der Waals surface area contributed by atoms with Crippen molar-refractivity contribution in [2.45, 2.75) is 66.8 Å². The van der Waals surface area contributed by atoms with Crippen LogP contribution in [-0.4, -0.2) is 6.54 Å². The second-order valence-corrected chi connectivity index (χ2v) is 7.07. The van der Waals surface area contributed by atoms with E-state index in [-0.39, 0.29) is 5.41 Å². The van der Waals surface area contributed by atoms with Crippen molar-refractivity contribution in [3.8, 4) is 0 Å². The number of rotatable bonds is 8. The fourth-order valence-electron chi connectivity index (χ4n) is 2.71. The summed E-state index contributed by atoms with van der Waals surface area (Å²) in [5.41, 5.74) is 3.20. The van der Waals surface area contributed by atoms with Crippen molar-refractivity contribution < 1.29 is 0 Å². The lowest BCUT2D eigenvalue weighted by molar-refractivity contribution is 0.234. The van der Waals surface area contributed by atoms with E-state index in [4.69, 9.17) is 0 Å². The molecule has 0 bridgehead atoms. The summed E-state index contributed by atoms with van der Waals surface area (Å²) in [4.78, 5) is 0. The van der Waals surface area contributed by atoms with E-state index in [1.165, 1.54) is 30.4 Å². The van der Waals surface area contributed by atoms with E-state index in [1.54, 1.807) is 0 Å². The molecule has 0 aliphatic heterocycles. The second kappa shape index (κ2) is 7.83. The van der Waals surface area contributed by atoms with Crippen LogP contribution in [0.1, 0.15) is 71.6 Å². The maximum absolute atomic E-state index is 3.76. The first-order valence-electron chi connectivity index (χ1n) is 8.23. The fourth-order valence-corrected chi connectivity index (χ4v) is 2.71. The quantitative estimate of drug-likeness (QED) is 0.673. The van der Waals surface area contributed by atoms with Gasteiger partial charge in [-0.2, -0.15) is 0 Å². The highest BCUT2D eigenvalue weighted by Crippen LogP contribution is 2.36. The Morgan fingerprint density at radius 3 is 2.40 bits per heavy atom. The first-order chi connectivity index (χ1) is 9.40. The number of hydrogen-bond acceptors (Lipinski definition) is 1. The van der Waals surface area contributed by atoms with Crippen molar-refractivity contribution in [3.63, 3.8) is 0 Å². The van der Waals surface area contributed by atoms with Gasteiger partial charge in [-0.1, -0.05) is 65.8 Å². The zero-order chi connectivity index (χ0) is 15.2. The van der Waals surface area contributed by atoms with Crippen molar-refractivity contribution in [2.75, 3.05) is 6.54 Å². The van der Waals surface area contributed by atoms with E-state index in [2.05, 4.69) is 71.1 Å². The Morgan fingerprint density at radius 1 is 1.15 bits per heavy atom. The zero-order valence-corrected chi connectivity index (χ0v) is 14.3. The lowest BCUT2D eigenvalue weighted by atomic mass is 9.78. The van der Waals surface area contributed by atoms with Gasteiger partial charge in [0.15, 0.2) is 0 Å². The Morgan fingerprint density at radius 2 is 1.85 bits per heavy atom. The molecule has 0 fully saturated rings. The van der Waals surface area contributed by atoms with Crippen LogP contribution in [0.3, 0.4) is 0 Å². The smallest absolute Gasteiger partial charge is 0.0371 e. The van der Waals surface area contributed by atoms with E-state index in [9.17, 15) is 0 Å². The van der Waals surface area contributed by atoms with Crippen LogP contribution in [0, 0.1) is 11.3 Å². The molecule has 1 atom stereocenters. The van der Waals surface area contributed by atoms with Crippen LogP contribution in [0.25, 0.3) is 0 Å². The third kappa shape index (κ3) is 4.94. The van der Waals surface area contributed by atoms with E-state index < -0.39 is 0 Å². The Kier molecular flexibility index (Phi) is 6.75. The maximum Gasteiger partial charge on any atom is 0.0371 e. The van der Waals surface area contributed by atoms with E-state index in [1.807, 2.05) is 0 Å². The molecule has 1 aromatic rings. The van der Waals surface area contributed by atoms with Gasteiger partial charge in [0.2, 0.25) is 0 Å². The minimum atomic E-state index is 0.283. The van der Waals surface area contributed by atoms with Gasteiger partial charge in [-0.05, 0) is 48.3 Å². The molecule has 20 heavy (non-hydrogen) atoms. The summed E-state index contributed by atoms with van der Waals surface area (Å²) in [5.74, 6) is 0.714. The van der Waals surface area contributed by atoms with Gasteiger partial charge >= 0.3 is 0 Å². The highest BCUT2D eigenvalue weighted by atomic mass is 14.9. The largest absolute Gasteiger partial charge is 0.309 e. The van der Waals surface area contributed by atoms with Crippen molar-refractivity contribution >= 4 is 0 Å². The Labute approximate surface area is 126 Å². The zero-order valence-electron chi connectivity index (χ0n) is 14.3. The normalized spacial score (nSPS) is 13.8. The number of benzene rings is 1. The summed E-state index contributed by atoms with van der Waals surface area (Å²) < 4.78 is 0. The predicted molar refractivity (Wildman–Crippen MR) is 90.1 cm³/mol. The van der Waals surface area contributed by atoms with E-state index in [0.717, 1.165) is 6.54 Å². The molecule has 1 rings (SSSR count). The number of hydrogen-bond donors (Lipinski definition) is 1. The predicted octanol–water partition coefficient (Wildman–Crippen LogP) is 5.36. The topological polar surface area (TPSA) is 12.0 Å². The number of nitrogens with one attached hydrogen (secondary N) is 1. The first kappa shape index (κ1) is 17.2. The lowest BCUT2D eigenvalue weighted by Crippen LogP contribution is -2.34. The molecule has 0 saturated carbocycles. The Hall–Kier alpha value is -0.820. The second-order valence-electron chi connectivity index (χ2n) is 7.07. The summed E-state index contributed by atoms with van der Waals surface area (Å²) in [5, 5.41) is 3.76. The van der Waals surface area contributed by atoms with Crippen LogP contribution in [0.15, 0.2) is 24.3 Å². The molecule has 1 unspecified atom stereocenters. The van der Waals surface area contributed by atoms with Crippen molar-refractivity contribution in [1.29, 1.82) is 0 Å². The minimum absolute atomic E-state index is 0.283. The van der Waals surface area contributed by atoms with E-state index in [0.29, 0.717) is 12.0 Å². The SMILES string of the molecule is CCCNC(c1cccc(CC(C)C)c1)C(C)(C)CC. The molecule has 0 aliphatic carbocycles. The summed E-state index contributed by atoms with van der Waals surface area (Å²) in [6.07, 6.45) is 3.53. The van der Waals surface area contributed by atoms with Crippen LogP contribution >= 0.6 is 0 Å². The first-order valence-corrected chi connectivity index (χ1v) is 8.23. The van der Waals surface area contributed by atoms with Gasteiger partial charge in [0.05, 0.1) is 0 Å². The molecule has 0 radical (unpaired) electrons. The molecule has 1 heteroatoms. The summed E-state index contributed by atoms with van der Waals surface area (Å²) in [6.45, 7) is 14.9. The molecule has 114 valence electrons. The molecule has 0 spiro atoms. The van der Waals surface area contributed by atoms with Gasteiger partial charge in [0.1, 0.15) is 0 Å². The molecule has 0 amide bonds. The summed E-state index contributed by atoms with van der Waals surface area (Å²) >= 11 is 0. The molecule has 1 N–H and O–H groups in total. The Balaban J connectivity index is 3.00. The molecule has 1 aromatic carbocycles. The van der Waals surface area contributed by atoms with Gasteiger partial charge in [0.25, 0.3) is 0 Å². The van der Waals surface area contributed by atoms with Gasteiger partial charge in [-0.25, -0.2) is 0 Å². The average Bonchev–Trinajstić information content (AvgIpc) is 2.38. The monoisotopic (exact) mass is 275 g/mol. The van der Waals surface area contributed by atoms with Crippen molar-refractivity contribution in [1.82, 2.24) is 5.32 Å². The maximum atomic E-state index is 3.76. The van der Waals surface area contributed by atoms with Crippen LogP contribution < -0.4 is 5.32 Å². The third-order valence-electron chi connectivity index (χ3n) is 4.22. The third-order valence-corrected chi connectivity index (χ3v) is 4.22. The summed E-state index contributed by atoms with van der Waals surface area (Å²) in [6, 6.07) is 9.62. The molecule has 1 nitrogen and oxygen atoms in total. The van der Waals surface area contributed by atoms with Crippen molar-refractivity contribution in [3.05, 3.63) is 35.4 Å². The standard InChI is InChI=1S/C19H33N/c1-7-12-20-18(19(5,6)8-2)17-11-9-10-16(14-17)13-15(3)4/h9-11,14-15,18,20H,7-8,12-13H2,1-6H3. The molecular formula is C19H33N. The van der Waals surface area contributed by atoms with Gasteiger partial charge in [-0.15, -0.1) is 0 Å². The average molecular weight is 275 g/mol. The highest BCUT2D eigenvalue weighted by Gasteiger charge is 2.28. The minimum Gasteiger partial charge on any atom is -0.309 e. The highest BCUT2D eigenvalue weighted by molar-refractivity contribution is 5.27. The molecule has 0 saturated heterocycles. The van der Waals surface area contributed by atoms with Crippen LogP contribution in [0.5, 0.6) is 0 Å². The Bertz CT molecular complexity index is 393. The van der Waals surface area contributed by atoms with Gasteiger partial charge < -0.3 is 5.32 Å². The molecule has 0 heterocycles. The van der Waals surface area contributed by atoms with Crippen LogP contribution in [0.2, 0.25) is 0 Å². The molecule has 0 aliphatic rings. The lowest BCUT2D eigenvalue weighted by Gasteiger charge is -2.35. The van der Waals surface area contributed by atoms with Crippen molar-refractivity contribution in [2.24, 2.45) is 11.3 Å². The molecular weight excluding hydrogens is 242 g/mol. The summed E-state index contributed by atoms with van der Waals surface area (Å²) in [7, 11) is 0. The van der Waals surface area contributed by atoms with Gasteiger partial charge in [-0.3, -0.25) is 0 Å². The van der Waals surface area contributed by atoms with E-state index >= 15 is 0 Å². The van der Waals surface area contributed by atoms with Crippen LogP contribution in [-0.2, 0) is 6.42 Å². The van der Waals surface area contributed by atoms with Gasteiger partial charge in [0, 0.05) is 6.04 Å².